The summed E-state index contributed by atoms with van der Waals surface area (Å²) in [6.07, 6.45) is 1.07. The Morgan fingerprint density at radius 3 is 2.76 bits per heavy atom. The third kappa shape index (κ3) is 4.45. The molecule has 1 heterocycles. The zero-order valence-corrected chi connectivity index (χ0v) is 12.5. The van der Waals surface area contributed by atoms with Crippen LogP contribution >= 0.6 is 12.6 Å². The molecule has 0 spiro atoms. The molecule has 9 nitrogen and oxygen atoms in total. The Kier molecular flexibility index (Phi) is 6.15. The summed E-state index contributed by atoms with van der Waals surface area (Å²) >= 11 is 3.97. The second-order valence-corrected chi connectivity index (χ2v) is 4.45. The Bertz CT molecular complexity index is 545. The Hall–Kier alpha value is -2.10. The second kappa shape index (κ2) is 7.62. The molecule has 0 aliphatic carbocycles. The van der Waals surface area contributed by atoms with Gasteiger partial charge in [-0.2, -0.15) is 17.7 Å². The number of carbonyl (C=O) groups excluding carboxylic acids is 2. The van der Waals surface area contributed by atoms with Gasteiger partial charge in [0.25, 0.3) is 0 Å². The van der Waals surface area contributed by atoms with Gasteiger partial charge in [0.05, 0.1) is 11.5 Å². The quantitative estimate of drug-likeness (QED) is 0.318. The molecule has 0 aliphatic heterocycles. The first-order valence-corrected chi connectivity index (χ1v) is 6.77. The van der Waals surface area contributed by atoms with Gasteiger partial charge in [-0.3, -0.25) is 19.6 Å². The van der Waals surface area contributed by atoms with Crippen molar-refractivity contribution in [3.63, 3.8) is 0 Å². The standard InChI is InChI=1S/C11H16N4O5S/c1-3-20-11(17)8(6-21)13-10(16)5-14-7(2)9(4-12-14)15(18)19/h4,8,21H,3,5-6H2,1-2H3,(H,13,16). The minimum Gasteiger partial charge on any atom is -0.464 e. The highest BCUT2D eigenvalue weighted by atomic mass is 32.1. The minimum absolute atomic E-state index is 0.0861. The van der Waals surface area contributed by atoms with E-state index in [0.717, 1.165) is 6.20 Å². The zero-order valence-electron chi connectivity index (χ0n) is 11.6. The number of rotatable bonds is 7. The monoisotopic (exact) mass is 316 g/mol. The van der Waals surface area contributed by atoms with Gasteiger partial charge in [-0.05, 0) is 13.8 Å². The maximum atomic E-state index is 11.8. The molecular formula is C11H16N4O5S. The number of aromatic nitrogens is 2. The van der Waals surface area contributed by atoms with E-state index < -0.39 is 22.8 Å². The average Bonchev–Trinajstić information content (AvgIpc) is 2.77. The molecule has 1 atom stereocenters. The average molecular weight is 316 g/mol. The van der Waals surface area contributed by atoms with Gasteiger partial charge in [0, 0.05) is 5.75 Å². The van der Waals surface area contributed by atoms with Crippen LogP contribution in [0.15, 0.2) is 6.20 Å². The number of nitrogens with zero attached hydrogens (tertiary/aromatic N) is 3. The molecule has 0 bridgehead atoms. The molecule has 1 N–H and O–H groups in total. The van der Waals surface area contributed by atoms with E-state index in [1.807, 2.05) is 0 Å². The molecule has 0 saturated heterocycles. The lowest BCUT2D eigenvalue weighted by molar-refractivity contribution is -0.385. The smallest absolute Gasteiger partial charge is 0.329 e. The first kappa shape index (κ1) is 17.0. The van der Waals surface area contributed by atoms with Crippen molar-refractivity contribution >= 4 is 30.2 Å². The Labute approximate surface area is 126 Å². The van der Waals surface area contributed by atoms with Crippen LogP contribution < -0.4 is 5.32 Å². The molecule has 0 saturated carbocycles. The van der Waals surface area contributed by atoms with Crippen molar-refractivity contribution in [1.29, 1.82) is 0 Å². The normalized spacial score (nSPS) is 11.8. The van der Waals surface area contributed by atoms with Gasteiger partial charge in [0.1, 0.15) is 24.5 Å². The van der Waals surface area contributed by atoms with Crippen molar-refractivity contribution < 1.29 is 19.2 Å². The molecule has 21 heavy (non-hydrogen) atoms. The van der Waals surface area contributed by atoms with Crippen LogP contribution in [0.25, 0.3) is 0 Å². The summed E-state index contributed by atoms with van der Waals surface area (Å²) in [4.78, 5) is 33.5. The molecule has 0 fully saturated rings. The van der Waals surface area contributed by atoms with E-state index in [-0.39, 0.29) is 30.3 Å². The fourth-order valence-corrected chi connectivity index (χ4v) is 1.81. The summed E-state index contributed by atoms with van der Waals surface area (Å²) in [5.74, 6) is -1.00. The molecule has 0 aliphatic rings. The number of esters is 1. The molecule has 1 aromatic heterocycles. The SMILES string of the molecule is CCOC(=O)C(CS)NC(=O)Cn1ncc([N+](=O)[O-])c1C. The van der Waals surface area contributed by atoms with Gasteiger partial charge in [0.2, 0.25) is 5.91 Å². The first-order chi connectivity index (χ1) is 9.90. The van der Waals surface area contributed by atoms with Crippen LogP contribution in [0.1, 0.15) is 12.6 Å². The maximum absolute atomic E-state index is 11.8. The number of nitro groups is 1. The van der Waals surface area contributed by atoms with Crippen LogP contribution in [-0.2, 0) is 20.9 Å². The number of thiol groups is 1. The lowest BCUT2D eigenvalue weighted by Gasteiger charge is -2.15. The molecule has 1 amide bonds. The van der Waals surface area contributed by atoms with E-state index in [1.165, 1.54) is 11.6 Å². The Morgan fingerprint density at radius 1 is 1.62 bits per heavy atom. The van der Waals surface area contributed by atoms with Gasteiger partial charge in [-0.15, -0.1) is 0 Å². The molecule has 0 radical (unpaired) electrons. The molecule has 1 rings (SSSR count). The summed E-state index contributed by atoms with van der Waals surface area (Å²) in [6, 6.07) is -0.869. The highest BCUT2D eigenvalue weighted by Gasteiger charge is 2.22. The van der Waals surface area contributed by atoms with Gasteiger partial charge in [0.15, 0.2) is 0 Å². The number of amides is 1. The number of carbonyl (C=O) groups is 2. The first-order valence-electron chi connectivity index (χ1n) is 6.14. The van der Waals surface area contributed by atoms with Crippen LogP contribution in [0.4, 0.5) is 5.69 Å². The van der Waals surface area contributed by atoms with Crippen molar-refractivity contribution in [2.24, 2.45) is 0 Å². The van der Waals surface area contributed by atoms with Crippen molar-refractivity contribution in [3.8, 4) is 0 Å². The van der Waals surface area contributed by atoms with Crippen molar-refractivity contribution in [3.05, 3.63) is 22.0 Å². The van der Waals surface area contributed by atoms with E-state index in [2.05, 4.69) is 23.0 Å². The predicted octanol–water partition coefficient (Wildman–Crippen LogP) is 0.0774. The van der Waals surface area contributed by atoms with Gasteiger partial charge < -0.3 is 10.1 Å². The van der Waals surface area contributed by atoms with E-state index >= 15 is 0 Å². The van der Waals surface area contributed by atoms with E-state index in [0.29, 0.717) is 0 Å². The molecule has 1 aromatic rings. The van der Waals surface area contributed by atoms with Gasteiger partial charge in [-0.1, -0.05) is 0 Å². The van der Waals surface area contributed by atoms with Crippen LogP contribution in [-0.4, -0.2) is 45.0 Å². The lowest BCUT2D eigenvalue weighted by Crippen LogP contribution is -2.44. The highest BCUT2D eigenvalue weighted by molar-refractivity contribution is 7.80. The third-order valence-corrected chi connectivity index (χ3v) is 3.02. The van der Waals surface area contributed by atoms with Gasteiger partial charge in [-0.25, -0.2) is 4.79 Å². The summed E-state index contributed by atoms with van der Waals surface area (Å²) < 4.78 is 5.98. The maximum Gasteiger partial charge on any atom is 0.329 e. The van der Waals surface area contributed by atoms with E-state index in [9.17, 15) is 19.7 Å². The number of hydrogen-bond donors (Lipinski definition) is 2. The largest absolute Gasteiger partial charge is 0.464 e. The topological polar surface area (TPSA) is 116 Å². The summed E-state index contributed by atoms with van der Waals surface area (Å²) in [7, 11) is 0. The zero-order chi connectivity index (χ0) is 16.0. The van der Waals surface area contributed by atoms with Crippen LogP contribution in [0.3, 0.4) is 0 Å². The summed E-state index contributed by atoms with van der Waals surface area (Å²) in [5, 5.41) is 16.9. The minimum atomic E-state index is -0.869. The molecule has 10 heteroatoms. The fraction of sp³-hybridized carbons (Fsp3) is 0.545. The third-order valence-electron chi connectivity index (χ3n) is 2.66. The van der Waals surface area contributed by atoms with E-state index in [4.69, 9.17) is 4.74 Å². The van der Waals surface area contributed by atoms with E-state index in [1.54, 1.807) is 6.92 Å². The van der Waals surface area contributed by atoms with Crippen LogP contribution in [0, 0.1) is 17.0 Å². The van der Waals surface area contributed by atoms with Crippen LogP contribution in [0.2, 0.25) is 0 Å². The molecule has 116 valence electrons. The molecule has 1 unspecified atom stereocenters. The fourth-order valence-electron chi connectivity index (χ4n) is 1.57. The lowest BCUT2D eigenvalue weighted by atomic mass is 10.3. The van der Waals surface area contributed by atoms with Crippen molar-refractivity contribution in [2.75, 3.05) is 12.4 Å². The molecular weight excluding hydrogens is 300 g/mol. The summed E-state index contributed by atoms with van der Waals surface area (Å²) in [5.41, 5.74) is 0.0904. The number of ether oxygens (including phenoxy) is 1. The highest BCUT2D eigenvalue weighted by Crippen LogP contribution is 2.15. The van der Waals surface area contributed by atoms with Gasteiger partial charge >= 0.3 is 11.7 Å². The predicted molar refractivity (Wildman–Crippen MR) is 76.0 cm³/mol. The second-order valence-electron chi connectivity index (χ2n) is 4.08. The summed E-state index contributed by atoms with van der Waals surface area (Å²) in [6.45, 7) is 3.11. The number of hydrogen-bond acceptors (Lipinski definition) is 7. The number of nitrogens with one attached hydrogen (secondary N) is 1. The van der Waals surface area contributed by atoms with Crippen LogP contribution in [0.5, 0.6) is 0 Å². The van der Waals surface area contributed by atoms with Crippen molar-refractivity contribution in [1.82, 2.24) is 15.1 Å². The Morgan fingerprint density at radius 2 is 2.29 bits per heavy atom. The Balaban J connectivity index is 2.69. The van der Waals surface area contributed by atoms with Crippen molar-refractivity contribution in [2.45, 2.75) is 26.4 Å². The molecule has 0 aromatic carbocycles.